The largest absolute Gasteiger partial charge is 0.506 e. The molecule has 2 heterocycles. The molecular weight excluding hydrogens is 302 g/mol. The predicted octanol–water partition coefficient (Wildman–Crippen LogP) is 3.62. The van der Waals surface area contributed by atoms with Gasteiger partial charge < -0.3 is 10.1 Å². The summed E-state index contributed by atoms with van der Waals surface area (Å²) in [6.45, 7) is 5.84. The van der Waals surface area contributed by atoms with E-state index in [2.05, 4.69) is 10.1 Å². The molecule has 0 amide bonds. The van der Waals surface area contributed by atoms with E-state index in [9.17, 15) is 9.90 Å². The zero-order chi connectivity index (χ0) is 16.4. The number of aromatic amines is 1. The first-order chi connectivity index (χ1) is 10.5. The van der Waals surface area contributed by atoms with Crippen molar-refractivity contribution in [3.8, 4) is 16.9 Å². The van der Waals surface area contributed by atoms with Gasteiger partial charge in [0, 0.05) is 29.2 Å². The van der Waals surface area contributed by atoms with Crippen LogP contribution in [0.25, 0.3) is 22.0 Å². The molecule has 0 unspecified atom stereocenters. The van der Waals surface area contributed by atoms with Crippen LogP contribution in [0.3, 0.4) is 0 Å². The second-order valence-corrected chi connectivity index (χ2v) is 5.13. The second-order valence-electron chi connectivity index (χ2n) is 4.73. The minimum atomic E-state index is -0.372. The van der Waals surface area contributed by atoms with Crippen molar-refractivity contribution < 1.29 is 5.11 Å². The van der Waals surface area contributed by atoms with Gasteiger partial charge in [-0.05, 0) is 24.6 Å². The molecule has 6 heteroatoms. The molecule has 2 N–H and O–H groups in total. The Hall–Kier alpha value is -2.27. The van der Waals surface area contributed by atoms with Gasteiger partial charge in [-0.1, -0.05) is 25.4 Å². The number of aryl methyl sites for hydroxylation is 2. The molecule has 0 atom stereocenters. The number of halogens is 1. The van der Waals surface area contributed by atoms with Crippen molar-refractivity contribution >= 4 is 22.5 Å². The number of hydrogen-bond donors (Lipinski definition) is 2. The molecule has 3 aromatic rings. The van der Waals surface area contributed by atoms with Crippen LogP contribution in [0, 0.1) is 6.92 Å². The lowest BCUT2D eigenvalue weighted by atomic mass is 10.0. The molecular formula is C16H18ClN3O2. The van der Waals surface area contributed by atoms with Crippen molar-refractivity contribution in [2.24, 2.45) is 7.05 Å². The van der Waals surface area contributed by atoms with Crippen LogP contribution in [0.1, 0.15) is 19.4 Å². The van der Waals surface area contributed by atoms with Crippen molar-refractivity contribution in [1.82, 2.24) is 14.8 Å². The molecule has 0 aliphatic heterocycles. The number of fused-ring (bicyclic) bond motifs is 1. The highest BCUT2D eigenvalue weighted by Gasteiger charge is 2.16. The van der Waals surface area contributed by atoms with Gasteiger partial charge in [-0.3, -0.25) is 9.48 Å². The average molecular weight is 320 g/mol. The quantitative estimate of drug-likeness (QED) is 0.719. The van der Waals surface area contributed by atoms with E-state index in [1.54, 1.807) is 36.3 Å². The Kier molecular flexibility index (Phi) is 4.56. The number of H-pyrrole nitrogens is 1. The summed E-state index contributed by atoms with van der Waals surface area (Å²) in [5.74, 6) is -0.0588. The molecule has 0 saturated carbocycles. The minimum absolute atomic E-state index is 0.0588. The standard InChI is InChI=1S/C14H12ClN3O2.C2H6/c1-7-3-9-11(4-10(7)15)17-14(20)12(13(9)19)8-5-16-18(2)6-8;1-2/h3-6H,1-2H3,(H2,17,19,20);1-2H3. The maximum absolute atomic E-state index is 12.2. The second kappa shape index (κ2) is 6.23. The maximum Gasteiger partial charge on any atom is 0.260 e. The zero-order valence-electron chi connectivity index (χ0n) is 12.9. The number of nitrogens with zero attached hydrogens (tertiary/aromatic N) is 2. The first-order valence-corrected chi connectivity index (χ1v) is 7.39. The van der Waals surface area contributed by atoms with Crippen LogP contribution in [-0.2, 0) is 7.05 Å². The summed E-state index contributed by atoms with van der Waals surface area (Å²) in [4.78, 5) is 14.9. The van der Waals surface area contributed by atoms with Crippen LogP contribution < -0.4 is 5.56 Å². The third kappa shape index (κ3) is 2.72. The van der Waals surface area contributed by atoms with Gasteiger partial charge in [-0.25, -0.2) is 0 Å². The monoisotopic (exact) mass is 319 g/mol. The topological polar surface area (TPSA) is 70.9 Å². The van der Waals surface area contributed by atoms with Crippen molar-refractivity contribution in [2.75, 3.05) is 0 Å². The Labute approximate surface area is 133 Å². The van der Waals surface area contributed by atoms with E-state index in [-0.39, 0.29) is 16.9 Å². The molecule has 2 aromatic heterocycles. The molecule has 0 spiro atoms. The molecule has 0 fully saturated rings. The summed E-state index contributed by atoms with van der Waals surface area (Å²) >= 11 is 6.04. The number of aromatic hydroxyl groups is 1. The molecule has 3 rings (SSSR count). The smallest absolute Gasteiger partial charge is 0.260 e. The molecule has 0 bridgehead atoms. The SMILES string of the molecule is CC.Cc1cc2c(O)c(-c3cnn(C)c3)c(=O)[nH]c2cc1Cl. The predicted molar refractivity (Wildman–Crippen MR) is 89.5 cm³/mol. The number of aromatic nitrogens is 3. The Morgan fingerprint density at radius 2 is 2.00 bits per heavy atom. The Morgan fingerprint density at radius 1 is 1.32 bits per heavy atom. The van der Waals surface area contributed by atoms with Crippen LogP contribution in [0.4, 0.5) is 0 Å². The fourth-order valence-corrected chi connectivity index (χ4v) is 2.39. The maximum atomic E-state index is 12.2. The lowest BCUT2D eigenvalue weighted by Crippen LogP contribution is -2.09. The van der Waals surface area contributed by atoms with Gasteiger partial charge in [-0.2, -0.15) is 5.10 Å². The van der Waals surface area contributed by atoms with Crippen molar-refractivity contribution in [3.05, 3.63) is 45.5 Å². The lowest BCUT2D eigenvalue weighted by Gasteiger charge is -2.08. The Bertz CT molecular complexity index is 881. The Morgan fingerprint density at radius 3 is 2.59 bits per heavy atom. The van der Waals surface area contributed by atoms with E-state index >= 15 is 0 Å². The van der Waals surface area contributed by atoms with Gasteiger partial charge in [0.15, 0.2) is 0 Å². The van der Waals surface area contributed by atoms with Crippen LogP contribution in [0.2, 0.25) is 5.02 Å². The van der Waals surface area contributed by atoms with Crippen molar-refractivity contribution in [1.29, 1.82) is 0 Å². The van der Waals surface area contributed by atoms with E-state index < -0.39 is 0 Å². The van der Waals surface area contributed by atoms with Gasteiger partial charge >= 0.3 is 0 Å². The number of rotatable bonds is 1. The van der Waals surface area contributed by atoms with Gasteiger partial charge in [0.2, 0.25) is 0 Å². The molecule has 1 aromatic carbocycles. The zero-order valence-corrected chi connectivity index (χ0v) is 13.7. The first-order valence-electron chi connectivity index (χ1n) is 7.01. The number of hydrogen-bond acceptors (Lipinski definition) is 3. The summed E-state index contributed by atoms with van der Waals surface area (Å²) in [7, 11) is 1.75. The fraction of sp³-hybridized carbons (Fsp3) is 0.250. The van der Waals surface area contributed by atoms with E-state index in [0.29, 0.717) is 21.5 Å². The van der Waals surface area contributed by atoms with Crippen LogP contribution >= 0.6 is 11.6 Å². The fourth-order valence-electron chi connectivity index (χ4n) is 2.23. The van der Waals surface area contributed by atoms with Gasteiger partial charge in [-0.15, -0.1) is 0 Å². The summed E-state index contributed by atoms with van der Waals surface area (Å²) in [5.41, 5.74) is 1.75. The highest BCUT2D eigenvalue weighted by molar-refractivity contribution is 6.32. The summed E-state index contributed by atoms with van der Waals surface area (Å²) < 4.78 is 1.57. The molecule has 0 radical (unpaired) electrons. The molecule has 116 valence electrons. The van der Waals surface area contributed by atoms with Gasteiger partial charge in [0.25, 0.3) is 5.56 Å². The van der Waals surface area contributed by atoms with Crippen molar-refractivity contribution in [3.63, 3.8) is 0 Å². The average Bonchev–Trinajstić information content (AvgIpc) is 2.90. The van der Waals surface area contributed by atoms with Gasteiger partial charge in [0.05, 0.1) is 17.3 Å². The first kappa shape index (κ1) is 16.1. The van der Waals surface area contributed by atoms with Crippen molar-refractivity contribution in [2.45, 2.75) is 20.8 Å². The van der Waals surface area contributed by atoms with Crippen LogP contribution in [-0.4, -0.2) is 19.9 Å². The molecule has 22 heavy (non-hydrogen) atoms. The van der Waals surface area contributed by atoms with E-state index in [0.717, 1.165) is 5.56 Å². The number of pyridine rings is 1. The molecule has 5 nitrogen and oxygen atoms in total. The molecule has 0 aliphatic rings. The molecule has 0 aliphatic carbocycles. The third-order valence-corrected chi connectivity index (χ3v) is 3.67. The molecule has 0 saturated heterocycles. The number of nitrogens with one attached hydrogen (secondary N) is 1. The highest BCUT2D eigenvalue weighted by Crippen LogP contribution is 2.33. The van der Waals surface area contributed by atoms with Crippen LogP contribution in [0.5, 0.6) is 5.75 Å². The lowest BCUT2D eigenvalue weighted by molar-refractivity contribution is 0.482. The number of benzene rings is 1. The van der Waals surface area contributed by atoms with Gasteiger partial charge in [0.1, 0.15) is 5.75 Å². The minimum Gasteiger partial charge on any atom is -0.506 e. The third-order valence-electron chi connectivity index (χ3n) is 3.26. The van der Waals surface area contributed by atoms with Crippen LogP contribution in [0.15, 0.2) is 29.3 Å². The van der Waals surface area contributed by atoms with E-state index in [4.69, 9.17) is 11.6 Å². The Balaban J connectivity index is 0.000000847. The summed E-state index contributed by atoms with van der Waals surface area (Å²) in [6.07, 6.45) is 3.22. The highest BCUT2D eigenvalue weighted by atomic mass is 35.5. The van der Waals surface area contributed by atoms with E-state index in [1.165, 1.54) is 0 Å². The normalized spacial score (nSPS) is 10.4. The van der Waals surface area contributed by atoms with E-state index in [1.807, 2.05) is 20.8 Å². The summed E-state index contributed by atoms with van der Waals surface area (Å²) in [5, 5.41) is 15.5. The summed E-state index contributed by atoms with van der Waals surface area (Å²) in [6, 6.07) is 3.39.